The standard InChI is InChI=1S/C11H14N2/c1-12-7-9-8-13(2)11-6-4-3-5-10(9)11/h3-6,8,10-11H,1,7H2,2H3. The van der Waals surface area contributed by atoms with Crippen molar-refractivity contribution in [2.24, 2.45) is 10.9 Å². The van der Waals surface area contributed by atoms with E-state index in [1.807, 2.05) is 0 Å². The molecule has 68 valence electrons. The second kappa shape index (κ2) is 3.21. The SMILES string of the molecule is C=NCC1=CN(C)C2C=CC=CC12. The van der Waals surface area contributed by atoms with Crippen molar-refractivity contribution in [3.8, 4) is 0 Å². The minimum atomic E-state index is 0.502. The summed E-state index contributed by atoms with van der Waals surface area (Å²) in [5.74, 6) is 0.514. The van der Waals surface area contributed by atoms with E-state index in [1.54, 1.807) is 0 Å². The summed E-state index contributed by atoms with van der Waals surface area (Å²) in [7, 11) is 2.11. The summed E-state index contributed by atoms with van der Waals surface area (Å²) in [5.41, 5.74) is 1.36. The monoisotopic (exact) mass is 174 g/mol. The molecular weight excluding hydrogens is 160 g/mol. The lowest BCUT2D eigenvalue weighted by atomic mass is 9.91. The quantitative estimate of drug-likeness (QED) is 0.581. The Morgan fingerprint density at radius 2 is 2.23 bits per heavy atom. The van der Waals surface area contributed by atoms with Crippen molar-refractivity contribution < 1.29 is 0 Å². The molecule has 1 aliphatic heterocycles. The molecule has 0 saturated carbocycles. The van der Waals surface area contributed by atoms with Crippen LogP contribution in [0.25, 0.3) is 0 Å². The van der Waals surface area contributed by atoms with E-state index in [1.165, 1.54) is 5.57 Å². The average Bonchev–Trinajstić information content (AvgIpc) is 2.46. The molecule has 2 heteroatoms. The van der Waals surface area contributed by atoms with Gasteiger partial charge in [0.2, 0.25) is 0 Å². The van der Waals surface area contributed by atoms with E-state index in [0.29, 0.717) is 12.0 Å². The fraction of sp³-hybridized carbons (Fsp3) is 0.364. The van der Waals surface area contributed by atoms with Crippen LogP contribution in [0.2, 0.25) is 0 Å². The number of allylic oxidation sites excluding steroid dienone is 2. The van der Waals surface area contributed by atoms with E-state index in [4.69, 9.17) is 0 Å². The number of likely N-dealkylation sites (N-methyl/N-ethyl adjacent to an activating group) is 1. The van der Waals surface area contributed by atoms with Crippen LogP contribution in [0, 0.1) is 5.92 Å². The first-order valence-corrected chi connectivity index (χ1v) is 4.53. The zero-order valence-corrected chi connectivity index (χ0v) is 7.85. The molecule has 0 N–H and O–H groups in total. The zero-order valence-electron chi connectivity index (χ0n) is 7.85. The molecule has 2 rings (SSSR count). The van der Waals surface area contributed by atoms with Crippen LogP contribution in [0.5, 0.6) is 0 Å². The van der Waals surface area contributed by atoms with Crippen LogP contribution in [0.4, 0.5) is 0 Å². The van der Waals surface area contributed by atoms with E-state index in [-0.39, 0.29) is 0 Å². The number of nitrogens with zero attached hydrogens (tertiary/aromatic N) is 2. The molecule has 2 atom stereocenters. The highest BCUT2D eigenvalue weighted by atomic mass is 15.1. The third-order valence-electron chi connectivity index (χ3n) is 2.67. The second-order valence-corrected chi connectivity index (χ2v) is 3.54. The van der Waals surface area contributed by atoms with Crippen LogP contribution in [-0.2, 0) is 0 Å². The van der Waals surface area contributed by atoms with Crippen molar-refractivity contribution in [3.63, 3.8) is 0 Å². The summed E-state index contributed by atoms with van der Waals surface area (Å²) in [5, 5.41) is 0. The van der Waals surface area contributed by atoms with Crippen molar-refractivity contribution in [1.29, 1.82) is 0 Å². The number of hydrogen-bond donors (Lipinski definition) is 0. The molecule has 2 nitrogen and oxygen atoms in total. The van der Waals surface area contributed by atoms with Crippen LogP contribution in [0.1, 0.15) is 0 Å². The Bertz CT molecular complexity index is 299. The highest BCUT2D eigenvalue weighted by Crippen LogP contribution is 2.31. The summed E-state index contributed by atoms with van der Waals surface area (Å²) < 4.78 is 0. The van der Waals surface area contributed by atoms with Crippen LogP contribution in [0.3, 0.4) is 0 Å². The zero-order chi connectivity index (χ0) is 9.26. The highest BCUT2D eigenvalue weighted by Gasteiger charge is 2.29. The van der Waals surface area contributed by atoms with Crippen molar-refractivity contribution in [2.45, 2.75) is 6.04 Å². The lowest BCUT2D eigenvalue weighted by Gasteiger charge is -2.24. The third kappa shape index (κ3) is 1.32. The van der Waals surface area contributed by atoms with E-state index in [0.717, 1.165) is 6.54 Å². The molecule has 2 unspecified atom stereocenters. The van der Waals surface area contributed by atoms with E-state index in [9.17, 15) is 0 Å². The summed E-state index contributed by atoms with van der Waals surface area (Å²) in [4.78, 5) is 6.18. The number of rotatable bonds is 2. The predicted octanol–water partition coefficient (Wildman–Crippen LogP) is 1.63. The van der Waals surface area contributed by atoms with Gasteiger partial charge in [0.25, 0.3) is 0 Å². The lowest BCUT2D eigenvalue weighted by Crippen LogP contribution is -2.27. The molecule has 0 saturated heterocycles. The maximum Gasteiger partial charge on any atom is 0.0616 e. The van der Waals surface area contributed by atoms with Gasteiger partial charge in [0, 0.05) is 19.2 Å². The molecule has 1 aliphatic carbocycles. The molecule has 2 aliphatic rings. The number of aliphatic imine (C=N–C) groups is 1. The minimum absolute atomic E-state index is 0.502. The first-order chi connectivity index (χ1) is 6.33. The molecule has 0 aromatic carbocycles. The first kappa shape index (κ1) is 8.30. The maximum absolute atomic E-state index is 3.94. The smallest absolute Gasteiger partial charge is 0.0616 e. The van der Waals surface area contributed by atoms with Gasteiger partial charge in [-0.2, -0.15) is 0 Å². The Balaban J connectivity index is 2.22. The normalized spacial score (nSPS) is 30.2. The Kier molecular flexibility index (Phi) is 2.05. The van der Waals surface area contributed by atoms with Crippen LogP contribution in [0.15, 0.2) is 41.1 Å². The summed E-state index contributed by atoms with van der Waals surface area (Å²) in [6, 6.07) is 0.502. The Hall–Kier alpha value is -1.31. The summed E-state index contributed by atoms with van der Waals surface area (Å²) in [6.07, 6.45) is 10.9. The van der Waals surface area contributed by atoms with Gasteiger partial charge in [0.05, 0.1) is 12.6 Å². The van der Waals surface area contributed by atoms with Gasteiger partial charge in [0.1, 0.15) is 0 Å². The number of hydrogen-bond acceptors (Lipinski definition) is 2. The van der Waals surface area contributed by atoms with Gasteiger partial charge in [-0.15, -0.1) is 0 Å². The average molecular weight is 174 g/mol. The second-order valence-electron chi connectivity index (χ2n) is 3.54. The molecule has 0 spiro atoms. The van der Waals surface area contributed by atoms with Gasteiger partial charge < -0.3 is 4.90 Å². The summed E-state index contributed by atoms with van der Waals surface area (Å²) >= 11 is 0. The third-order valence-corrected chi connectivity index (χ3v) is 2.67. The maximum atomic E-state index is 3.94. The van der Waals surface area contributed by atoms with Crippen LogP contribution >= 0.6 is 0 Å². The topological polar surface area (TPSA) is 15.6 Å². The molecular formula is C11H14N2. The number of fused-ring (bicyclic) bond motifs is 1. The van der Waals surface area contributed by atoms with Gasteiger partial charge in [0.15, 0.2) is 0 Å². The lowest BCUT2D eigenvalue weighted by molar-refractivity contribution is 0.378. The van der Waals surface area contributed by atoms with Gasteiger partial charge >= 0.3 is 0 Å². The summed E-state index contributed by atoms with van der Waals surface area (Å²) in [6.45, 7) is 4.29. The van der Waals surface area contributed by atoms with E-state index >= 15 is 0 Å². The Morgan fingerprint density at radius 3 is 3.00 bits per heavy atom. The van der Waals surface area contributed by atoms with E-state index in [2.05, 4.69) is 54.2 Å². The molecule has 1 heterocycles. The molecule has 13 heavy (non-hydrogen) atoms. The Morgan fingerprint density at radius 1 is 1.46 bits per heavy atom. The highest BCUT2D eigenvalue weighted by molar-refractivity contribution is 5.34. The van der Waals surface area contributed by atoms with Crippen molar-refractivity contribution in [1.82, 2.24) is 4.90 Å². The Labute approximate surface area is 79.0 Å². The predicted molar refractivity (Wildman–Crippen MR) is 55.8 cm³/mol. The fourth-order valence-electron chi connectivity index (χ4n) is 2.04. The molecule has 0 fully saturated rings. The minimum Gasteiger partial charge on any atom is -0.373 e. The van der Waals surface area contributed by atoms with Gasteiger partial charge in [-0.05, 0) is 12.3 Å². The molecule has 0 aromatic heterocycles. The van der Waals surface area contributed by atoms with Crippen molar-refractivity contribution in [2.75, 3.05) is 13.6 Å². The van der Waals surface area contributed by atoms with Crippen LogP contribution in [-0.4, -0.2) is 31.3 Å². The molecule has 0 amide bonds. The van der Waals surface area contributed by atoms with E-state index < -0.39 is 0 Å². The van der Waals surface area contributed by atoms with Gasteiger partial charge in [-0.1, -0.05) is 24.3 Å². The largest absolute Gasteiger partial charge is 0.373 e. The van der Waals surface area contributed by atoms with Crippen molar-refractivity contribution in [3.05, 3.63) is 36.1 Å². The molecule has 0 bridgehead atoms. The van der Waals surface area contributed by atoms with Crippen molar-refractivity contribution >= 4 is 6.72 Å². The van der Waals surface area contributed by atoms with Gasteiger partial charge in [-0.25, -0.2) is 0 Å². The first-order valence-electron chi connectivity index (χ1n) is 4.53. The van der Waals surface area contributed by atoms with Gasteiger partial charge in [-0.3, -0.25) is 4.99 Å². The molecule has 0 aromatic rings. The molecule has 0 radical (unpaired) electrons. The fourth-order valence-corrected chi connectivity index (χ4v) is 2.04. The van der Waals surface area contributed by atoms with Crippen LogP contribution < -0.4 is 0 Å².